The minimum absolute atomic E-state index is 0.0257. The summed E-state index contributed by atoms with van der Waals surface area (Å²) >= 11 is 0. The number of hydrogen-bond acceptors (Lipinski definition) is 4. The third kappa shape index (κ3) is 5.33. The number of anilines is 1. The molecule has 1 saturated heterocycles. The lowest BCUT2D eigenvalue weighted by atomic mass is 9.96. The lowest BCUT2D eigenvalue weighted by Gasteiger charge is -2.38. The van der Waals surface area contributed by atoms with Gasteiger partial charge in [-0.3, -0.25) is 9.69 Å². The summed E-state index contributed by atoms with van der Waals surface area (Å²) in [6.07, 6.45) is 7.05. The number of nitrogens with zero attached hydrogens (tertiary/aromatic N) is 2. The molecule has 0 aromatic heterocycles. The number of carbonyl (C=O) groups excluding carboxylic acids is 1. The highest BCUT2D eigenvalue weighted by molar-refractivity contribution is 5.82. The summed E-state index contributed by atoms with van der Waals surface area (Å²) in [5, 5.41) is 3.11. The third-order valence-electron chi connectivity index (χ3n) is 6.99. The van der Waals surface area contributed by atoms with Crippen molar-refractivity contribution in [3.63, 3.8) is 0 Å². The van der Waals surface area contributed by atoms with Gasteiger partial charge in [-0.05, 0) is 67.2 Å². The molecule has 0 spiro atoms. The summed E-state index contributed by atoms with van der Waals surface area (Å²) in [4.78, 5) is 17.8. The molecule has 0 bridgehead atoms. The molecule has 32 heavy (non-hydrogen) atoms. The molecule has 5 heteroatoms. The highest BCUT2D eigenvalue weighted by Crippen LogP contribution is 2.35. The van der Waals surface area contributed by atoms with Gasteiger partial charge < -0.3 is 15.0 Å². The van der Waals surface area contributed by atoms with Crippen molar-refractivity contribution in [2.75, 3.05) is 31.1 Å². The topological polar surface area (TPSA) is 44.8 Å². The third-order valence-corrected chi connectivity index (χ3v) is 6.99. The molecule has 2 fully saturated rings. The van der Waals surface area contributed by atoms with E-state index in [2.05, 4.69) is 33.3 Å². The van der Waals surface area contributed by atoms with Crippen molar-refractivity contribution in [3.05, 3.63) is 65.2 Å². The summed E-state index contributed by atoms with van der Waals surface area (Å²) in [5.41, 5.74) is 5.13. The molecule has 1 amide bonds. The molecular weight excluding hydrogens is 398 g/mol. The first kappa shape index (κ1) is 21.5. The number of rotatable bonds is 8. The monoisotopic (exact) mass is 433 g/mol. The van der Waals surface area contributed by atoms with Gasteiger partial charge in [0.15, 0.2) is 0 Å². The van der Waals surface area contributed by atoms with E-state index in [4.69, 9.17) is 4.74 Å². The molecular formula is C27H35N3O2. The van der Waals surface area contributed by atoms with Crippen molar-refractivity contribution in [3.8, 4) is 0 Å². The molecule has 2 aromatic rings. The average Bonchev–Trinajstić information content (AvgIpc) is 3.66. The van der Waals surface area contributed by atoms with Gasteiger partial charge in [0.25, 0.3) is 0 Å². The molecule has 1 saturated carbocycles. The SMILES string of the molecule is O=C(CN(c1cccc2c1CCN(CC1CC1)C2)C1CCCCO1)NCc1ccccc1. The number of carbonyl (C=O) groups is 1. The Labute approximate surface area is 191 Å². The molecule has 5 nitrogen and oxygen atoms in total. The second kappa shape index (κ2) is 10.1. The van der Waals surface area contributed by atoms with E-state index in [9.17, 15) is 4.79 Å². The average molecular weight is 434 g/mol. The molecule has 1 N–H and O–H groups in total. The fourth-order valence-corrected chi connectivity index (χ4v) is 5.06. The number of nitrogens with one attached hydrogen (secondary N) is 1. The number of amides is 1. The highest BCUT2D eigenvalue weighted by Gasteiger charge is 2.30. The molecule has 0 radical (unpaired) electrons. The van der Waals surface area contributed by atoms with Gasteiger partial charge in [0.1, 0.15) is 6.23 Å². The van der Waals surface area contributed by atoms with Gasteiger partial charge in [0, 0.05) is 38.5 Å². The first-order valence-electron chi connectivity index (χ1n) is 12.3. The highest BCUT2D eigenvalue weighted by atomic mass is 16.5. The smallest absolute Gasteiger partial charge is 0.239 e. The summed E-state index contributed by atoms with van der Waals surface area (Å²) in [6, 6.07) is 16.7. The van der Waals surface area contributed by atoms with E-state index < -0.39 is 0 Å². The van der Waals surface area contributed by atoms with Crippen molar-refractivity contribution in [2.45, 2.75) is 57.8 Å². The lowest BCUT2D eigenvalue weighted by Crippen LogP contribution is -2.46. The minimum atomic E-state index is -0.0257. The van der Waals surface area contributed by atoms with Crippen LogP contribution in [0.25, 0.3) is 0 Å². The van der Waals surface area contributed by atoms with Crippen LogP contribution >= 0.6 is 0 Å². The second-order valence-corrected chi connectivity index (χ2v) is 9.55. The van der Waals surface area contributed by atoms with Gasteiger partial charge in [-0.1, -0.05) is 42.5 Å². The van der Waals surface area contributed by atoms with Gasteiger partial charge in [0.2, 0.25) is 5.91 Å². The second-order valence-electron chi connectivity index (χ2n) is 9.55. The Bertz CT molecular complexity index is 906. The van der Waals surface area contributed by atoms with Crippen LogP contribution < -0.4 is 10.2 Å². The van der Waals surface area contributed by atoms with E-state index in [1.165, 1.54) is 36.2 Å². The standard InChI is InChI=1S/C27H35N3O2/c31-26(28-17-21-7-2-1-3-8-21)20-30(27-11-4-5-16-32-27)25-10-6-9-23-19-29(15-14-24(23)25)18-22-12-13-22/h1-3,6-10,22,27H,4-5,11-20H2,(H,28,31). The zero-order valence-corrected chi connectivity index (χ0v) is 19.0. The Morgan fingerprint density at radius 1 is 1.06 bits per heavy atom. The van der Waals surface area contributed by atoms with E-state index >= 15 is 0 Å². The van der Waals surface area contributed by atoms with E-state index in [1.807, 2.05) is 30.3 Å². The first-order chi connectivity index (χ1) is 15.8. The summed E-state index contributed by atoms with van der Waals surface area (Å²) in [6.45, 7) is 5.04. The maximum Gasteiger partial charge on any atom is 0.239 e. The largest absolute Gasteiger partial charge is 0.358 e. The van der Waals surface area contributed by atoms with Crippen molar-refractivity contribution in [1.29, 1.82) is 0 Å². The van der Waals surface area contributed by atoms with Crippen molar-refractivity contribution in [1.82, 2.24) is 10.2 Å². The lowest BCUT2D eigenvalue weighted by molar-refractivity contribution is -0.120. The van der Waals surface area contributed by atoms with Gasteiger partial charge in [-0.15, -0.1) is 0 Å². The van der Waals surface area contributed by atoms with E-state index in [-0.39, 0.29) is 12.1 Å². The van der Waals surface area contributed by atoms with Crippen LogP contribution in [0, 0.1) is 5.92 Å². The van der Waals surface area contributed by atoms with Crippen molar-refractivity contribution in [2.24, 2.45) is 5.92 Å². The Kier molecular flexibility index (Phi) is 6.75. The fraction of sp³-hybridized carbons (Fsp3) is 0.519. The van der Waals surface area contributed by atoms with Gasteiger partial charge in [0.05, 0.1) is 6.54 Å². The Morgan fingerprint density at radius 3 is 2.72 bits per heavy atom. The molecule has 2 aromatic carbocycles. The van der Waals surface area contributed by atoms with Crippen LogP contribution in [0.2, 0.25) is 0 Å². The number of fused-ring (bicyclic) bond motifs is 1. The molecule has 2 aliphatic heterocycles. The molecule has 3 aliphatic rings. The Balaban J connectivity index is 1.32. The number of benzene rings is 2. The van der Waals surface area contributed by atoms with Gasteiger partial charge in [-0.2, -0.15) is 0 Å². The summed E-state index contributed by atoms with van der Waals surface area (Å²) in [5.74, 6) is 0.965. The van der Waals surface area contributed by atoms with E-state index in [0.29, 0.717) is 13.1 Å². The van der Waals surface area contributed by atoms with E-state index in [1.54, 1.807) is 0 Å². The quantitative estimate of drug-likeness (QED) is 0.681. The van der Waals surface area contributed by atoms with Gasteiger partial charge >= 0.3 is 0 Å². The number of ether oxygens (including phenoxy) is 1. The summed E-state index contributed by atoms with van der Waals surface area (Å²) < 4.78 is 6.17. The zero-order valence-electron chi connectivity index (χ0n) is 19.0. The summed E-state index contributed by atoms with van der Waals surface area (Å²) in [7, 11) is 0. The predicted octanol–water partition coefficient (Wildman–Crippen LogP) is 4.10. The molecule has 2 heterocycles. The van der Waals surface area contributed by atoms with Crippen molar-refractivity contribution < 1.29 is 9.53 Å². The molecule has 170 valence electrons. The van der Waals surface area contributed by atoms with Crippen LogP contribution in [-0.4, -0.2) is 43.3 Å². The van der Waals surface area contributed by atoms with Crippen LogP contribution in [0.3, 0.4) is 0 Å². The van der Waals surface area contributed by atoms with Crippen LogP contribution in [0.15, 0.2) is 48.5 Å². The van der Waals surface area contributed by atoms with Crippen LogP contribution in [0.5, 0.6) is 0 Å². The molecule has 5 rings (SSSR count). The maximum atomic E-state index is 13.0. The van der Waals surface area contributed by atoms with Crippen molar-refractivity contribution >= 4 is 11.6 Å². The predicted molar refractivity (Wildman–Crippen MR) is 127 cm³/mol. The number of hydrogen-bond donors (Lipinski definition) is 1. The van der Waals surface area contributed by atoms with Crippen LogP contribution in [-0.2, 0) is 29.0 Å². The Morgan fingerprint density at radius 2 is 1.94 bits per heavy atom. The first-order valence-corrected chi connectivity index (χ1v) is 12.3. The molecule has 1 atom stereocenters. The van der Waals surface area contributed by atoms with Gasteiger partial charge in [-0.25, -0.2) is 0 Å². The van der Waals surface area contributed by atoms with Crippen LogP contribution in [0.4, 0.5) is 5.69 Å². The normalized spacial score (nSPS) is 21.1. The molecule has 1 aliphatic carbocycles. The molecule has 1 unspecified atom stereocenters. The van der Waals surface area contributed by atoms with E-state index in [0.717, 1.165) is 56.9 Å². The zero-order chi connectivity index (χ0) is 21.8. The van der Waals surface area contributed by atoms with Crippen LogP contribution in [0.1, 0.15) is 48.8 Å². The fourth-order valence-electron chi connectivity index (χ4n) is 5.06. The Hall–Kier alpha value is -2.37. The minimum Gasteiger partial charge on any atom is -0.358 e. The maximum absolute atomic E-state index is 13.0.